The van der Waals surface area contributed by atoms with E-state index in [4.69, 9.17) is 0 Å². The highest BCUT2D eigenvalue weighted by molar-refractivity contribution is 5.81. The molecule has 1 aliphatic rings. The van der Waals surface area contributed by atoms with Crippen molar-refractivity contribution in [3.63, 3.8) is 0 Å². The smallest absolute Gasteiger partial charge is 0.254 e. The Bertz CT molecular complexity index is 225. The van der Waals surface area contributed by atoms with E-state index in [9.17, 15) is 4.79 Å². The first-order valence-corrected chi connectivity index (χ1v) is 3.69. The molecule has 0 radical (unpaired) electrons. The molecule has 12 heavy (non-hydrogen) atoms. The van der Waals surface area contributed by atoms with E-state index in [1.54, 1.807) is 12.2 Å². The molecule has 0 aromatic heterocycles. The van der Waals surface area contributed by atoms with Gasteiger partial charge in [0, 0.05) is 0 Å². The summed E-state index contributed by atoms with van der Waals surface area (Å²) < 4.78 is 0. The van der Waals surface area contributed by atoms with Gasteiger partial charge in [-0.1, -0.05) is 36.5 Å². The number of carbonyl (C=O) groups excluding carboxylic acids is 1. The molecule has 1 amide bonds. The Hall–Kier alpha value is -1.35. The van der Waals surface area contributed by atoms with Crippen LogP contribution in [0.3, 0.4) is 0 Å². The largest absolute Gasteiger partial charge is 0.277 e. The highest BCUT2D eigenvalue weighted by Crippen LogP contribution is 2.05. The van der Waals surface area contributed by atoms with Gasteiger partial charge < -0.3 is 0 Å². The fourth-order valence-electron chi connectivity index (χ4n) is 0.904. The first-order chi connectivity index (χ1) is 5.84. The van der Waals surface area contributed by atoms with E-state index < -0.39 is 0 Å². The van der Waals surface area contributed by atoms with Crippen molar-refractivity contribution in [1.82, 2.24) is 5.48 Å². The fourth-order valence-corrected chi connectivity index (χ4v) is 0.904. The first-order valence-electron chi connectivity index (χ1n) is 3.69. The second-order valence-corrected chi connectivity index (χ2v) is 2.35. The summed E-state index contributed by atoms with van der Waals surface area (Å²) in [6.07, 6.45) is 11.0. The number of hydroxylamine groups is 1. The Morgan fingerprint density at radius 2 is 1.83 bits per heavy atom. The molecule has 0 atom stereocenters. The number of rotatable bonds is 2. The predicted octanol–water partition coefficient (Wildman–Crippen LogP) is 0.962. The van der Waals surface area contributed by atoms with E-state index in [0.29, 0.717) is 0 Å². The van der Waals surface area contributed by atoms with Gasteiger partial charge in [0.15, 0.2) is 0 Å². The molecular formula is C9H11NO2. The third kappa shape index (κ3) is 2.36. The van der Waals surface area contributed by atoms with Crippen LogP contribution in [0.4, 0.5) is 0 Å². The summed E-state index contributed by atoms with van der Waals surface area (Å²) in [5.41, 5.74) is 2.27. The van der Waals surface area contributed by atoms with Crippen LogP contribution in [-0.4, -0.2) is 13.0 Å². The van der Waals surface area contributed by atoms with E-state index in [1.807, 2.05) is 24.3 Å². The molecule has 0 aromatic rings. The Morgan fingerprint density at radius 1 is 1.25 bits per heavy atom. The summed E-state index contributed by atoms with van der Waals surface area (Å²) in [5, 5.41) is 0. The molecule has 0 unspecified atom stereocenters. The van der Waals surface area contributed by atoms with Crippen molar-refractivity contribution in [2.24, 2.45) is 5.92 Å². The summed E-state index contributed by atoms with van der Waals surface area (Å²) in [6, 6.07) is 0. The van der Waals surface area contributed by atoms with Crippen LogP contribution in [0.15, 0.2) is 36.5 Å². The van der Waals surface area contributed by atoms with Gasteiger partial charge in [0.05, 0.1) is 13.0 Å². The van der Waals surface area contributed by atoms with Crippen molar-refractivity contribution >= 4 is 5.91 Å². The topological polar surface area (TPSA) is 38.3 Å². The standard InChI is InChI=1S/C9H11NO2/c1-12-10-9(11)8-6-4-2-3-5-7-8/h2-8H,1H3,(H,10,11). The van der Waals surface area contributed by atoms with Gasteiger partial charge in [-0.3, -0.25) is 9.63 Å². The SMILES string of the molecule is CONC(=O)C1C=CC=CC=C1. The number of nitrogens with one attached hydrogen (secondary N) is 1. The molecule has 64 valence electrons. The third-order valence-corrected chi connectivity index (χ3v) is 1.48. The predicted molar refractivity (Wildman–Crippen MR) is 46.1 cm³/mol. The van der Waals surface area contributed by atoms with Gasteiger partial charge >= 0.3 is 0 Å². The lowest BCUT2D eigenvalue weighted by molar-refractivity contribution is -0.132. The van der Waals surface area contributed by atoms with Crippen LogP contribution >= 0.6 is 0 Å². The van der Waals surface area contributed by atoms with Crippen LogP contribution in [0, 0.1) is 5.92 Å². The van der Waals surface area contributed by atoms with Crippen molar-refractivity contribution in [2.45, 2.75) is 0 Å². The molecule has 0 heterocycles. The minimum absolute atomic E-state index is 0.159. The average Bonchev–Trinajstić information content (AvgIpc) is 2.32. The molecule has 0 aliphatic heterocycles. The molecule has 0 saturated carbocycles. The van der Waals surface area contributed by atoms with Crippen molar-refractivity contribution in [3.05, 3.63) is 36.5 Å². The third-order valence-electron chi connectivity index (χ3n) is 1.48. The van der Waals surface area contributed by atoms with Gasteiger partial charge in [0.1, 0.15) is 0 Å². The number of hydrogen-bond donors (Lipinski definition) is 1. The lowest BCUT2D eigenvalue weighted by atomic mass is 10.1. The van der Waals surface area contributed by atoms with E-state index in [-0.39, 0.29) is 11.8 Å². The normalized spacial score (nSPS) is 16.1. The van der Waals surface area contributed by atoms with Crippen LogP contribution < -0.4 is 5.48 Å². The highest BCUT2D eigenvalue weighted by atomic mass is 16.6. The van der Waals surface area contributed by atoms with Crippen LogP contribution in [0.25, 0.3) is 0 Å². The van der Waals surface area contributed by atoms with Gasteiger partial charge in [-0.25, -0.2) is 5.48 Å². The lowest BCUT2D eigenvalue weighted by Crippen LogP contribution is -2.27. The summed E-state index contributed by atoms with van der Waals surface area (Å²) in [7, 11) is 1.42. The van der Waals surface area contributed by atoms with Gasteiger partial charge in [-0.05, 0) is 0 Å². The van der Waals surface area contributed by atoms with E-state index in [0.717, 1.165) is 0 Å². The van der Waals surface area contributed by atoms with E-state index in [1.165, 1.54) is 7.11 Å². The average molecular weight is 165 g/mol. The summed E-state index contributed by atoms with van der Waals surface area (Å²) in [4.78, 5) is 15.7. The lowest BCUT2D eigenvalue weighted by Gasteiger charge is -2.05. The molecule has 0 spiro atoms. The molecule has 0 fully saturated rings. The second-order valence-electron chi connectivity index (χ2n) is 2.35. The van der Waals surface area contributed by atoms with Gasteiger partial charge in [0.25, 0.3) is 5.91 Å². The molecule has 0 aromatic carbocycles. The summed E-state index contributed by atoms with van der Waals surface area (Å²) in [6.45, 7) is 0. The zero-order chi connectivity index (χ0) is 8.81. The fraction of sp³-hybridized carbons (Fsp3) is 0.222. The number of hydrogen-bond acceptors (Lipinski definition) is 2. The Morgan fingerprint density at radius 3 is 2.33 bits per heavy atom. The van der Waals surface area contributed by atoms with Gasteiger partial charge in [0.2, 0.25) is 0 Å². The highest BCUT2D eigenvalue weighted by Gasteiger charge is 2.10. The van der Waals surface area contributed by atoms with Crippen LogP contribution in [0.1, 0.15) is 0 Å². The Balaban J connectivity index is 2.57. The number of carbonyl (C=O) groups is 1. The van der Waals surface area contributed by atoms with Gasteiger partial charge in [-0.15, -0.1) is 0 Å². The van der Waals surface area contributed by atoms with Crippen molar-refractivity contribution in [2.75, 3.05) is 7.11 Å². The maximum Gasteiger partial charge on any atom is 0.254 e. The van der Waals surface area contributed by atoms with Crippen LogP contribution in [-0.2, 0) is 9.63 Å². The first kappa shape index (κ1) is 8.74. The minimum Gasteiger partial charge on any atom is -0.277 e. The van der Waals surface area contributed by atoms with Crippen molar-refractivity contribution in [1.29, 1.82) is 0 Å². The molecule has 1 N–H and O–H groups in total. The van der Waals surface area contributed by atoms with Crippen molar-refractivity contribution in [3.8, 4) is 0 Å². The van der Waals surface area contributed by atoms with Crippen LogP contribution in [0.5, 0.6) is 0 Å². The number of allylic oxidation sites excluding steroid dienone is 4. The molecule has 0 bridgehead atoms. The Kier molecular flexibility index (Phi) is 3.29. The molecule has 0 saturated heterocycles. The summed E-state index contributed by atoms with van der Waals surface area (Å²) in [5.74, 6) is -0.395. The molecular weight excluding hydrogens is 154 g/mol. The minimum atomic E-state index is -0.236. The Labute approximate surface area is 71.4 Å². The quantitative estimate of drug-likeness (QED) is 0.619. The number of amides is 1. The monoisotopic (exact) mass is 165 g/mol. The second kappa shape index (κ2) is 4.51. The zero-order valence-electron chi connectivity index (χ0n) is 6.86. The molecule has 3 heteroatoms. The van der Waals surface area contributed by atoms with E-state index in [2.05, 4.69) is 10.3 Å². The van der Waals surface area contributed by atoms with Gasteiger partial charge in [-0.2, -0.15) is 0 Å². The maximum absolute atomic E-state index is 11.2. The molecule has 1 rings (SSSR count). The maximum atomic E-state index is 11.2. The molecule has 3 nitrogen and oxygen atoms in total. The summed E-state index contributed by atoms with van der Waals surface area (Å²) >= 11 is 0. The van der Waals surface area contributed by atoms with Crippen molar-refractivity contribution < 1.29 is 9.63 Å². The zero-order valence-corrected chi connectivity index (χ0v) is 6.86. The van der Waals surface area contributed by atoms with Crippen LogP contribution in [0.2, 0.25) is 0 Å². The molecule has 1 aliphatic carbocycles. The van der Waals surface area contributed by atoms with E-state index >= 15 is 0 Å².